The first-order valence-corrected chi connectivity index (χ1v) is 6.67. The molecule has 0 bridgehead atoms. The van der Waals surface area contributed by atoms with Crippen LogP contribution in [0.25, 0.3) is 0 Å². The second-order valence-corrected chi connectivity index (χ2v) is 5.43. The SMILES string of the molecule is CN(CCC1CCCN1)Cc1cccs1. The van der Waals surface area contributed by atoms with Gasteiger partial charge in [0.2, 0.25) is 0 Å². The van der Waals surface area contributed by atoms with Gasteiger partial charge in [-0.15, -0.1) is 11.3 Å². The van der Waals surface area contributed by atoms with E-state index in [1.807, 2.05) is 11.3 Å². The Balaban J connectivity index is 1.66. The Hall–Kier alpha value is -0.380. The number of rotatable bonds is 5. The summed E-state index contributed by atoms with van der Waals surface area (Å²) in [5.41, 5.74) is 0. The molecule has 1 aromatic rings. The summed E-state index contributed by atoms with van der Waals surface area (Å²) >= 11 is 1.85. The first-order chi connectivity index (χ1) is 7.34. The summed E-state index contributed by atoms with van der Waals surface area (Å²) < 4.78 is 0. The third-order valence-corrected chi connectivity index (χ3v) is 3.89. The highest BCUT2D eigenvalue weighted by atomic mass is 32.1. The summed E-state index contributed by atoms with van der Waals surface area (Å²) in [5.74, 6) is 0. The van der Waals surface area contributed by atoms with E-state index >= 15 is 0 Å². The molecule has 1 N–H and O–H groups in total. The molecule has 3 heteroatoms. The Kier molecular flexibility index (Phi) is 4.18. The van der Waals surface area contributed by atoms with Crippen molar-refractivity contribution in [3.8, 4) is 0 Å². The molecule has 0 aliphatic carbocycles. The van der Waals surface area contributed by atoms with Crippen molar-refractivity contribution in [1.82, 2.24) is 10.2 Å². The van der Waals surface area contributed by atoms with Gasteiger partial charge in [0.05, 0.1) is 0 Å². The lowest BCUT2D eigenvalue weighted by Gasteiger charge is -2.18. The molecule has 1 aromatic heterocycles. The second-order valence-electron chi connectivity index (χ2n) is 4.40. The first kappa shape index (κ1) is 11.1. The molecule has 84 valence electrons. The maximum absolute atomic E-state index is 3.55. The predicted molar refractivity (Wildman–Crippen MR) is 66.3 cm³/mol. The van der Waals surface area contributed by atoms with Gasteiger partial charge in [0.1, 0.15) is 0 Å². The Labute approximate surface area is 96.3 Å². The molecule has 0 amide bonds. The molecule has 1 aliphatic heterocycles. The normalized spacial score (nSPS) is 21.3. The standard InChI is InChI=1S/C12H20N2S/c1-14(10-12-5-3-9-15-12)8-6-11-4-2-7-13-11/h3,5,9,11,13H,2,4,6-8,10H2,1H3. The van der Waals surface area contributed by atoms with Gasteiger partial charge in [0.25, 0.3) is 0 Å². The molecule has 1 saturated heterocycles. The molecule has 0 aromatic carbocycles. The minimum absolute atomic E-state index is 0.774. The van der Waals surface area contributed by atoms with Crippen LogP contribution in [0.3, 0.4) is 0 Å². The van der Waals surface area contributed by atoms with E-state index in [2.05, 4.69) is 34.8 Å². The Bertz CT molecular complexity index is 265. The molecule has 1 aliphatic rings. The van der Waals surface area contributed by atoms with Crippen molar-refractivity contribution in [2.75, 3.05) is 20.1 Å². The van der Waals surface area contributed by atoms with E-state index in [-0.39, 0.29) is 0 Å². The van der Waals surface area contributed by atoms with E-state index < -0.39 is 0 Å². The van der Waals surface area contributed by atoms with Crippen molar-refractivity contribution in [2.24, 2.45) is 0 Å². The van der Waals surface area contributed by atoms with E-state index in [9.17, 15) is 0 Å². The van der Waals surface area contributed by atoms with Crippen LogP contribution in [0.2, 0.25) is 0 Å². The number of nitrogens with one attached hydrogen (secondary N) is 1. The zero-order chi connectivity index (χ0) is 10.5. The van der Waals surface area contributed by atoms with Gasteiger partial charge in [0, 0.05) is 17.5 Å². The summed E-state index contributed by atoms with van der Waals surface area (Å²) in [4.78, 5) is 3.89. The fourth-order valence-electron chi connectivity index (χ4n) is 2.13. The number of nitrogens with zero attached hydrogens (tertiary/aromatic N) is 1. The maximum atomic E-state index is 3.55. The molecule has 2 nitrogen and oxygen atoms in total. The van der Waals surface area contributed by atoms with Crippen molar-refractivity contribution in [3.05, 3.63) is 22.4 Å². The van der Waals surface area contributed by atoms with Gasteiger partial charge in [-0.3, -0.25) is 0 Å². The third-order valence-electron chi connectivity index (χ3n) is 3.03. The van der Waals surface area contributed by atoms with E-state index in [0.29, 0.717) is 0 Å². The van der Waals surface area contributed by atoms with Crippen molar-refractivity contribution in [2.45, 2.75) is 31.8 Å². The lowest BCUT2D eigenvalue weighted by atomic mass is 10.1. The first-order valence-electron chi connectivity index (χ1n) is 5.79. The van der Waals surface area contributed by atoms with Crippen LogP contribution in [0.1, 0.15) is 24.1 Å². The maximum Gasteiger partial charge on any atom is 0.0324 e. The van der Waals surface area contributed by atoms with Crippen molar-refractivity contribution >= 4 is 11.3 Å². The van der Waals surface area contributed by atoms with Crippen LogP contribution >= 0.6 is 11.3 Å². The van der Waals surface area contributed by atoms with E-state index in [1.54, 1.807) is 0 Å². The van der Waals surface area contributed by atoms with Crippen LogP contribution in [0.15, 0.2) is 17.5 Å². The van der Waals surface area contributed by atoms with Gasteiger partial charge >= 0.3 is 0 Å². The van der Waals surface area contributed by atoms with Crippen LogP contribution in [-0.4, -0.2) is 31.1 Å². The smallest absolute Gasteiger partial charge is 0.0324 e. The average molecular weight is 224 g/mol. The van der Waals surface area contributed by atoms with Gasteiger partial charge in [-0.1, -0.05) is 6.07 Å². The minimum Gasteiger partial charge on any atom is -0.314 e. The Morgan fingerprint density at radius 1 is 1.60 bits per heavy atom. The zero-order valence-electron chi connectivity index (χ0n) is 9.41. The molecule has 15 heavy (non-hydrogen) atoms. The lowest BCUT2D eigenvalue weighted by molar-refractivity contribution is 0.308. The molecule has 0 radical (unpaired) electrons. The summed E-state index contributed by atoms with van der Waals surface area (Å²) in [5, 5.41) is 5.70. The molecule has 0 saturated carbocycles. The number of hydrogen-bond donors (Lipinski definition) is 1. The molecule has 1 atom stereocenters. The highest BCUT2D eigenvalue weighted by molar-refractivity contribution is 7.09. The van der Waals surface area contributed by atoms with Crippen LogP contribution in [0.4, 0.5) is 0 Å². The summed E-state index contributed by atoms with van der Waals surface area (Å²) in [6.07, 6.45) is 4.02. The molecular weight excluding hydrogens is 204 g/mol. The largest absolute Gasteiger partial charge is 0.314 e. The van der Waals surface area contributed by atoms with Crippen molar-refractivity contribution in [3.63, 3.8) is 0 Å². The van der Waals surface area contributed by atoms with Crippen molar-refractivity contribution < 1.29 is 0 Å². The fraction of sp³-hybridized carbons (Fsp3) is 0.667. The Morgan fingerprint density at radius 2 is 2.53 bits per heavy atom. The summed E-state index contributed by atoms with van der Waals surface area (Å²) in [6.45, 7) is 3.53. The number of thiophene rings is 1. The monoisotopic (exact) mass is 224 g/mol. The predicted octanol–water partition coefficient (Wildman–Crippen LogP) is 2.32. The average Bonchev–Trinajstić information content (AvgIpc) is 2.86. The van der Waals surface area contributed by atoms with Gasteiger partial charge in [-0.25, -0.2) is 0 Å². The third kappa shape index (κ3) is 3.59. The van der Waals surface area contributed by atoms with Gasteiger partial charge in [0.15, 0.2) is 0 Å². The van der Waals surface area contributed by atoms with Crippen LogP contribution in [0, 0.1) is 0 Å². The minimum atomic E-state index is 0.774. The Morgan fingerprint density at radius 3 is 3.20 bits per heavy atom. The van der Waals surface area contributed by atoms with Gasteiger partial charge in [-0.2, -0.15) is 0 Å². The molecular formula is C12H20N2S. The summed E-state index contributed by atoms with van der Waals surface area (Å²) in [6, 6.07) is 5.12. The molecule has 1 unspecified atom stereocenters. The highest BCUT2D eigenvalue weighted by Gasteiger charge is 2.14. The fourth-order valence-corrected chi connectivity index (χ4v) is 2.91. The molecule has 2 heterocycles. The van der Waals surface area contributed by atoms with Crippen LogP contribution < -0.4 is 5.32 Å². The summed E-state index contributed by atoms with van der Waals surface area (Å²) in [7, 11) is 2.22. The van der Waals surface area contributed by atoms with Gasteiger partial charge in [-0.05, 0) is 50.8 Å². The topological polar surface area (TPSA) is 15.3 Å². The second kappa shape index (κ2) is 5.64. The van der Waals surface area contributed by atoms with Crippen molar-refractivity contribution in [1.29, 1.82) is 0 Å². The van der Waals surface area contributed by atoms with E-state index in [1.165, 1.54) is 37.2 Å². The van der Waals surface area contributed by atoms with Crippen LogP contribution in [-0.2, 0) is 6.54 Å². The zero-order valence-corrected chi connectivity index (χ0v) is 10.2. The quantitative estimate of drug-likeness (QED) is 0.826. The van der Waals surface area contributed by atoms with E-state index in [0.717, 1.165) is 12.6 Å². The molecule has 2 rings (SSSR count). The molecule has 0 spiro atoms. The van der Waals surface area contributed by atoms with Crippen LogP contribution in [0.5, 0.6) is 0 Å². The molecule has 1 fully saturated rings. The van der Waals surface area contributed by atoms with E-state index in [4.69, 9.17) is 0 Å². The number of hydrogen-bond acceptors (Lipinski definition) is 3. The highest BCUT2D eigenvalue weighted by Crippen LogP contribution is 2.13. The lowest BCUT2D eigenvalue weighted by Crippen LogP contribution is -2.28. The van der Waals surface area contributed by atoms with Gasteiger partial charge < -0.3 is 10.2 Å².